The van der Waals surface area contributed by atoms with Crippen LogP contribution in [0.5, 0.6) is 0 Å². The van der Waals surface area contributed by atoms with Crippen molar-refractivity contribution in [1.82, 2.24) is 9.66 Å². The molecule has 0 bridgehead atoms. The van der Waals surface area contributed by atoms with Gasteiger partial charge in [-0.3, -0.25) is 0 Å². The molecule has 0 saturated carbocycles. The highest BCUT2D eigenvalue weighted by Crippen LogP contribution is 2.16. The normalized spacial score (nSPS) is 17.8. The monoisotopic (exact) mass is 193 g/mol. The summed E-state index contributed by atoms with van der Waals surface area (Å²) < 4.78 is 2.24. The maximum absolute atomic E-state index is 4.24. The van der Waals surface area contributed by atoms with Gasteiger partial charge in [0, 0.05) is 13.1 Å². The van der Waals surface area contributed by atoms with Crippen molar-refractivity contribution in [1.29, 1.82) is 0 Å². The van der Waals surface area contributed by atoms with E-state index in [2.05, 4.69) is 28.5 Å². The highest BCUT2D eigenvalue weighted by Gasteiger charge is 2.14. The molecule has 1 saturated heterocycles. The smallest absolute Gasteiger partial charge is 0.114 e. The summed E-state index contributed by atoms with van der Waals surface area (Å²) in [7, 11) is 0. The zero-order chi connectivity index (χ0) is 9.97. The Labute approximate surface area is 85.7 Å². The third-order valence-corrected chi connectivity index (χ3v) is 2.88. The molecule has 0 radical (unpaired) electrons. The summed E-state index contributed by atoms with van der Waals surface area (Å²) in [5.74, 6) is 0.555. The maximum atomic E-state index is 4.24. The van der Waals surface area contributed by atoms with E-state index >= 15 is 0 Å². The average molecular weight is 193 g/mol. The maximum Gasteiger partial charge on any atom is 0.114 e. The number of hydrogen-bond acceptors (Lipinski definition) is 2. The highest BCUT2D eigenvalue weighted by atomic mass is 15.6. The molecular formula is C11H19N3. The van der Waals surface area contributed by atoms with Crippen molar-refractivity contribution in [3.05, 3.63) is 18.2 Å². The van der Waals surface area contributed by atoms with E-state index in [1.165, 1.54) is 38.0 Å². The second kappa shape index (κ2) is 4.03. The SMILES string of the molecule is CC(C)c1cncn1N1CCCCC1. The lowest BCUT2D eigenvalue weighted by Gasteiger charge is -2.31. The van der Waals surface area contributed by atoms with Gasteiger partial charge in [-0.05, 0) is 25.2 Å². The lowest BCUT2D eigenvalue weighted by molar-refractivity contribution is 0.464. The van der Waals surface area contributed by atoms with E-state index in [9.17, 15) is 0 Å². The molecule has 1 aliphatic heterocycles. The second-order valence-corrected chi connectivity index (χ2v) is 4.33. The Kier molecular flexibility index (Phi) is 2.75. The molecule has 0 spiro atoms. The topological polar surface area (TPSA) is 21.1 Å². The minimum absolute atomic E-state index is 0.555. The molecule has 0 aromatic carbocycles. The van der Waals surface area contributed by atoms with Crippen LogP contribution in [0.25, 0.3) is 0 Å². The van der Waals surface area contributed by atoms with E-state index in [1.54, 1.807) is 0 Å². The molecule has 3 heteroatoms. The van der Waals surface area contributed by atoms with Crippen molar-refractivity contribution in [3.63, 3.8) is 0 Å². The molecular weight excluding hydrogens is 174 g/mol. The summed E-state index contributed by atoms with van der Waals surface area (Å²) in [5, 5.41) is 2.41. The molecule has 1 aliphatic rings. The fourth-order valence-corrected chi connectivity index (χ4v) is 2.04. The van der Waals surface area contributed by atoms with E-state index in [0.717, 1.165) is 0 Å². The number of piperidine rings is 1. The predicted molar refractivity (Wildman–Crippen MR) is 58.1 cm³/mol. The van der Waals surface area contributed by atoms with E-state index < -0.39 is 0 Å². The first-order valence-electron chi connectivity index (χ1n) is 5.56. The summed E-state index contributed by atoms with van der Waals surface area (Å²) in [6.07, 6.45) is 7.94. The van der Waals surface area contributed by atoms with Gasteiger partial charge in [0.05, 0.1) is 11.9 Å². The minimum Gasteiger partial charge on any atom is -0.312 e. The van der Waals surface area contributed by atoms with Gasteiger partial charge in [0.25, 0.3) is 0 Å². The van der Waals surface area contributed by atoms with Crippen molar-refractivity contribution in [2.24, 2.45) is 0 Å². The zero-order valence-corrected chi connectivity index (χ0v) is 9.11. The van der Waals surface area contributed by atoms with Crippen LogP contribution in [0.4, 0.5) is 0 Å². The number of hydrogen-bond donors (Lipinski definition) is 0. The standard InChI is InChI=1S/C11H19N3/c1-10(2)11-8-12-9-14(11)13-6-4-3-5-7-13/h8-10H,3-7H2,1-2H3. The molecule has 3 nitrogen and oxygen atoms in total. The molecule has 0 N–H and O–H groups in total. The first-order valence-corrected chi connectivity index (χ1v) is 5.56. The number of rotatable bonds is 2. The van der Waals surface area contributed by atoms with Gasteiger partial charge >= 0.3 is 0 Å². The van der Waals surface area contributed by atoms with E-state index in [-0.39, 0.29) is 0 Å². The van der Waals surface area contributed by atoms with Crippen LogP contribution >= 0.6 is 0 Å². The Bertz CT molecular complexity index is 284. The second-order valence-electron chi connectivity index (χ2n) is 4.33. The van der Waals surface area contributed by atoms with Crippen LogP contribution in [0.2, 0.25) is 0 Å². The van der Waals surface area contributed by atoms with Crippen LogP contribution < -0.4 is 5.01 Å². The van der Waals surface area contributed by atoms with E-state index in [0.29, 0.717) is 5.92 Å². The van der Waals surface area contributed by atoms with Crippen LogP contribution in [-0.2, 0) is 0 Å². The van der Waals surface area contributed by atoms with Gasteiger partial charge in [0.2, 0.25) is 0 Å². The summed E-state index contributed by atoms with van der Waals surface area (Å²) in [6, 6.07) is 0. The quantitative estimate of drug-likeness (QED) is 0.717. The largest absolute Gasteiger partial charge is 0.312 e. The Morgan fingerprint density at radius 2 is 1.93 bits per heavy atom. The zero-order valence-electron chi connectivity index (χ0n) is 9.11. The van der Waals surface area contributed by atoms with Crippen molar-refractivity contribution in [2.75, 3.05) is 18.1 Å². The third kappa shape index (κ3) is 1.76. The van der Waals surface area contributed by atoms with Gasteiger partial charge in [0.1, 0.15) is 6.33 Å². The third-order valence-electron chi connectivity index (χ3n) is 2.88. The molecule has 1 fully saturated rings. The molecule has 1 aromatic heterocycles. The summed E-state index contributed by atoms with van der Waals surface area (Å²) >= 11 is 0. The van der Waals surface area contributed by atoms with Crippen LogP contribution in [-0.4, -0.2) is 22.7 Å². The van der Waals surface area contributed by atoms with Gasteiger partial charge in [-0.1, -0.05) is 13.8 Å². The summed E-state index contributed by atoms with van der Waals surface area (Å²) in [6.45, 7) is 6.79. The Hall–Kier alpha value is -0.990. The van der Waals surface area contributed by atoms with Gasteiger partial charge in [-0.25, -0.2) is 9.66 Å². The first-order chi connectivity index (χ1) is 6.79. The summed E-state index contributed by atoms with van der Waals surface area (Å²) in [4.78, 5) is 4.24. The van der Waals surface area contributed by atoms with Gasteiger partial charge in [0.15, 0.2) is 0 Å². The van der Waals surface area contributed by atoms with Gasteiger partial charge in [-0.15, -0.1) is 0 Å². The lowest BCUT2D eigenvalue weighted by Crippen LogP contribution is -2.39. The molecule has 0 amide bonds. The van der Waals surface area contributed by atoms with E-state index in [1.807, 2.05) is 12.5 Å². The molecule has 2 rings (SSSR count). The van der Waals surface area contributed by atoms with E-state index in [4.69, 9.17) is 0 Å². The van der Waals surface area contributed by atoms with Crippen LogP contribution in [0.1, 0.15) is 44.7 Å². The molecule has 2 heterocycles. The Morgan fingerprint density at radius 1 is 1.21 bits per heavy atom. The van der Waals surface area contributed by atoms with Crippen molar-refractivity contribution >= 4 is 0 Å². The molecule has 1 aromatic rings. The fourth-order valence-electron chi connectivity index (χ4n) is 2.04. The van der Waals surface area contributed by atoms with Crippen molar-refractivity contribution in [3.8, 4) is 0 Å². The highest BCUT2D eigenvalue weighted by molar-refractivity contribution is 5.08. The lowest BCUT2D eigenvalue weighted by atomic mass is 10.1. The van der Waals surface area contributed by atoms with Crippen LogP contribution in [0, 0.1) is 0 Å². The number of nitrogens with zero attached hydrogens (tertiary/aromatic N) is 3. The molecule has 0 unspecified atom stereocenters. The molecule has 0 atom stereocenters. The van der Waals surface area contributed by atoms with Crippen molar-refractivity contribution in [2.45, 2.75) is 39.0 Å². The van der Waals surface area contributed by atoms with Crippen LogP contribution in [0.15, 0.2) is 12.5 Å². The molecule has 78 valence electrons. The fraction of sp³-hybridized carbons (Fsp3) is 0.727. The predicted octanol–water partition coefficient (Wildman–Crippen LogP) is 2.13. The molecule has 14 heavy (non-hydrogen) atoms. The first kappa shape index (κ1) is 9.56. The van der Waals surface area contributed by atoms with Crippen molar-refractivity contribution < 1.29 is 0 Å². The number of imidazole rings is 1. The Balaban J connectivity index is 2.17. The summed E-state index contributed by atoms with van der Waals surface area (Å²) in [5.41, 5.74) is 1.33. The van der Waals surface area contributed by atoms with Gasteiger partial charge < -0.3 is 5.01 Å². The number of aromatic nitrogens is 2. The van der Waals surface area contributed by atoms with Gasteiger partial charge in [-0.2, -0.15) is 0 Å². The Morgan fingerprint density at radius 3 is 2.57 bits per heavy atom. The van der Waals surface area contributed by atoms with Crippen LogP contribution in [0.3, 0.4) is 0 Å². The molecule has 0 aliphatic carbocycles. The average Bonchev–Trinajstić information content (AvgIpc) is 2.67. The minimum atomic E-state index is 0.555.